The zero-order valence-corrected chi connectivity index (χ0v) is 17.8. The molecule has 1 heterocycles. The first-order valence-electron chi connectivity index (χ1n) is 10.3. The van der Waals surface area contributed by atoms with Gasteiger partial charge >= 0.3 is 12.1 Å². The van der Waals surface area contributed by atoms with Crippen LogP contribution in [0.1, 0.15) is 35.7 Å². The Bertz CT molecular complexity index is 848. The summed E-state index contributed by atoms with van der Waals surface area (Å²) < 4.78 is 10.2. The number of carboxylic acids is 1. The summed E-state index contributed by atoms with van der Waals surface area (Å²) in [6.07, 6.45) is -1.40. The Morgan fingerprint density at radius 3 is 2.38 bits per heavy atom. The summed E-state index contributed by atoms with van der Waals surface area (Å²) in [5.74, 6) is -2.35. The van der Waals surface area contributed by atoms with Crippen molar-refractivity contribution in [2.45, 2.75) is 32.0 Å². The van der Waals surface area contributed by atoms with Crippen LogP contribution in [0.5, 0.6) is 0 Å². The smallest absolute Gasteiger partial charge is 0.435 e. The number of hydrogen-bond acceptors (Lipinski definition) is 8. The van der Waals surface area contributed by atoms with Crippen molar-refractivity contribution in [1.29, 1.82) is 0 Å². The molecule has 11 heteroatoms. The maximum Gasteiger partial charge on any atom is 0.435 e. The van der Waals surface area contributed by atoms with E-state index in [0.717, 1.165) is 0 Å². The van der Waals surface area contributed by atoms with E-state index in [-0.39, 0.29) is 37.4 Å². The number of piperidine rings is 1. The highest BCUT2D eigenvalue weighted by Crippen LogP contribution is 2.11. The fraction of sp³-hybridized carbons (Fsp3) is 0.476. The first-order valence-corrected chi connectivity index (χ1v) is 10.3. The number of aliphatic imine (C=N–C) groups is 1. The number of benzene rings is 1. The van der Waals surface area contributed by atoms with E-state index in [4.69, 9.17) is 10.5 Å². The summed E-state index contributed by atoms with van der Waals surface area (Å²) in [5.41, 5.74) is 6.52. The third kappa shape index (κ3) is 7.84. The molecule has 32 heavy (non-hydrogen) atoms. The first kappa shape index (κ1) is 25.1. The van der Waals surface area contributed by atoms with E-state index in [1.54, 1.807) is 6.92 Å². The predicted molar refractivity (Wildman–Crippen MR) is 115 cm³/mol. The second-order valence-corrected chi connectivity index (χ2v) is 7.07. The summed E-state index contributed by atoms with van der Waals surface area (Å²) in [6, 6.07) is 6.08. The number of ether oxygens (including phenoxy) is 2. The Labute approximate surface area is 185 Å². The number of nitrogens with two attached hydrogens (primary N) is 1. The van der Waals surface area contributed by atoms with E-state index in [9.17, 15) is 24.3 Å². The van der Waals surface area contributed by atoms with Gasteiger partial charge in [0.1, 0.15) is 5.84 Å². The molecule has 0 aromatic heterocycles. The third-order valence-electron chi connectivity index (χ3n) is 4.70. The van der Waals surface area contributed by atoms with Gasteiger partial charge in [-0.05, 0) is 32.9 Å². The average molecular weight is 448 g/mol. The van der Waals surface area contributed by atoms with Crippen molar-refractivity contribution >= 4 is 29.5 Å². The van der Waals surface area contributed by atoms with Crippen molar-refractivity contribution in [2.75, 3.05) is 32.8 Å². The number of Topliss-reactive ketones (excluding diaryl/α,β-unsaturated/α-hetero) is 2. The number of nitrogens with zero attached hydrogens (tertiary/aromatic N) is 1. The maximum absolute atomic E-state index is 12.3. The van der Waals surface area contributed by atoms with Crippen LogP contribution in [0.15, 0.2) is 29.3 Å². The summed E-state index contributed by atoms with van der Waals surface area (Å²) in [5, 5.41) is 15.1. The normalized spacial score (nSPS) is 15.7. The van der Waals surface area contributed by atoms with Crippen molar-refractivity contribution in [3.05, 3.63) is 35.4 Å². The van der Waals surface area contributed by atoms with E-state index < -0.39 is 23.9 Å². The zero-order valence-electron chi connectivity index (χ0n) is 17.8. The second kappa shape index (κ2) is 12.6. The summed E-state index contributed by atoms with van der Waals surface area (Å²) in [7, 11) is 0. The molecule has 1 fully saturated rings. The number of ketones is 2. The van der Waals surface area contributed by atoms with E-state index in [0.29, 0.717) is 37.1 Å². The molecule has 1 saturated heterocycles. The molecule has 0 aliphatic carbocycles. The topological polar surface area (TPSA) is 169 Å². The van der Waals surface area contributed by atoms with Gasteiger partial charge in [0.2, 0.25) is 6.10 Å². The minimum atomic E-state index is -1.57. The SMILES string of the molecule is CCOC(=O)/N=C(\N)c1ccc(C(=O)CNCC(=O)C(OC2CCNCC2)C(=O)O)cc1. The van der Waals surface area contributed by atoms with Crippen LogP contribution < -0.4 is 16.4 Å². The van der Waals surface area contributed by atoms with Crippen molar-refractivity contribution < 1.29 is 33.8 Å². The lowest BCUT2D eigenvalue weighted by atomic mass is 10.1. The Morgan fingerprint density at radius 1 is 1.16 bits per heavy atom. The van der Waals surface area contributed by atoms with Gasteiger partial charge < -0.3 is 30.9 Å². The van der Waals surface area contributed by atoms with Gasteiger partial charge in [-0.1, -0.05) is 24.3 Å². The third-order valence-corrected chi connectivity index (χ3v) is 4.70. The highest BCUT2D eigenvalue weighted by atomic mass is 16.5. The largest absolute Gasteiger partial charge is 0.479 e. The number of amides is 1. The quantitative estimate of drug-likeness (QED) is 0.158. The van der Waals surface area contributed by atoms with Gasteiger partial charge in [0.15, 0.2) is 11.6 Å². The molecule has 0 spiro atoms. The number of rotatable bonds is 11. The lowest BCUT2D eigenvalue weighted by Crippen LogP contribution is -2.44. The van der Waals surface area contributed by atoms with Crippen molar-refractivity contribution in [3.8, 4) is 0 Å². The molecular formula is C21H28N4O7. The molecule has 0 saturated carbocycles. The number of hydrogen-bond donors (Lipinski definition) is 4. The molecule has 1 aromatic carbocycles. The molecule has 2 rings (SSSR count). The molecule has 11 nitrogen and oxygen atoms in total. The molecule has 174 valence electrons. The molecule has 1 atom stereocenters. The first-order chi connectivity index (χ1) is 15.3. The van der Waals surface area contributed by atoms with Crippen LogP contribution in [-0.2, 0) is 19.1 Å². The lowest BCUT2D eigenvalue weighted by Gasteiger charge is -2.25. The van der Waals surface area contributed by atoms with Crippen molar-refractivity contribution in [1.82, 2.24) is 10.6 Å². The summed E-state index contributed by atoms with van der Waals surface area (Å²) in [6.45, 7) is 2.75. The van der Waals surface area contributed by atoms with Crippen LogP contribution in [-0.4, -0.2) is 79.6 Å². The predicted octanol–water partition coefficient (Wildman–Crippen LogP) is 0.112. The van der Waals surface area contributed by atoms with Gasteiger partial charge in [0.05, 0.1) is 25.8 Å². The fourth-order valence-corrected chi connectivity index (χ4v) is 3.04. The summed E-state index contributed by atoms with van der Waals surface area (Å²) in [4.78, 5) is 51.0. The summed E-state index contributed by atoms with van der Waals surface area (Å²) >= 11 is 0. The van der Waals surface area contributed by atoms with E-state index in [1.165, 1.54) is 24.3 Å². The van der Waals surface area contributed by atoms with E-state index in [1.807, 2.05) is 0 Å². The van der Waals surface area contributed by atoms with Crippen LogP contribution in [0.2, 0.25) is 0 Å². The number of carbonyl (C=O) groups is 4. The molecule has 1 unspecified atom stereocenters. The highest BCUT2D eigenvalue weighted by molar-refractivity contribution is 6.04. The number of amidine groups is 1. The Balaban J connectivity index is 1.85. The molecule has 1 aliphatic heterocycles. The monoisotopic (exact) mass is 448 g/mol. The minimum Gasteiger partial charge on any atom is -0.479 e. The van der Waals surface area contributed by atoms with E-state index >= 15 is 0 Å². The molecule has 0 radical (unpaired) electrons. The minimum absolute atomic E-state index is 0.0420. The molecular weight excluding hydrogens is 420 g/mol. The molecule has 0 bridgehead atoms. The highest BCUT2D eigenvalue weighted by Gasteiger charge is 2.30. The van der Waals surface area contributed by atoms with Gasteiger partial charge in [0, 0.05) is 11.1 Å². The molecule has 1 amide bonds. The van der Waals surface area contributed by atoms with Crippen LogP contribution in [0.3, 0.4) is 0 Å². The zero-order chi connectivity index (χ0) is 23.5. The fourth-order valence-electron chi connectivity index (χ4n) is 3.04. The van der Waals surface area contributed by atoms with Crippen LogP contribution in [0.25, 0.3) is 0 Å². The standard InChI is InChI=1S/C21H28N4O7/c1-2-31-21(30)25-19(22)14-5-3-13(4-6-14)16(26)11-24-12-17(27)18(20(28)29)32-15-7-9-23-10-8-15/h3-6,15,18,23-24H,2,7-12H2,1H3,(H,28,29)(H2,22,25,30). The average Bonchev–Trinajstić information content (AvgIpc) is 2.78. The maximum atomic E-state index is 12.3. The number of carbonyl (C=O) groups excluding carboxylic acids is 3. The molecule has 1 aliphatic rings. The van der Waals surface area contributed by atoms with E-state index in [2.05, 4.69) is 20.4 Å². The molecule has 5 N–H and O–H groups in total. The number of nitrogens with one attached hydrogen (secondary N) is 2. The van der Waals surface area contributed by atoms with Gasteiger partial charge in [-0.3, -0.25) is 9.59 Å². The van der Waals surface area contributed by atoms with Gasteiger partial charge in [0.25, 0.3) is 0 Å². The van der Waals surface area contributed by atoms with Crippen molar-refractivity contribution in [2.24, 2.45) is 10.7 Å². The Kier molecular flexibility index (Phi) is 9.92. The lowest BCUT2D eigenvalue weighted by molar-refractivity contribution is -0.161. The van der Waals surface area contributed by atoms with Gasteiger partial charge in [-0.15, -0.1) is 0 Å². The van der Waals surface area contributed by atoms with Gasteiger partial charge in [-0.2, -0.15) is 4.99 Å². The Morgan fingerprint density at radius 2 is 1.78 bits per heavy atom. The van der Waals surface area contributed by atoms with Crippen molar-refractivity contribution in [3.63, 3.8) is 0 Å². The Hall–Kier alpha value is -3.15. The van der Waals surface area contributed by atoms with Crippen LogP contribution in [0, 0.1) is 0 Å². The number of aliphatic carboxylic acids is 1. The second-order valence-electron chi connectivity index (χ2n) is 7.07. The van der Waals surface area contributed by atoms with Crippen LogP contribution >= 0.6 is 0 Å². The van der Waals surface area contributed by atoms with Gasteiger partial charge in [-0.25, -0.2) is 9.59 Å². The van der Waals surface area contributed by atoms with Crippen LogP contribution in [0.4, 0.5) is 4.79 Å². The number of carboxylic acid groups (broad SMARTS) is 1. The molecule has 1 aromatic rings.